The molecule has 0 saturated carbocycles. The van der Waals surface area contributed by atoms with Gasteiger partial charge in [-0.05, 0) is 27.7 Å². The standard InChI is InChI=1S/C11H20O4/c1-7(8(2)12)9(13)6-10(14)15-11(3,4)5/h7-8,12H,6H2,1-5H3/t7-,8+/m0/s1. The van der Waals surface area contributed by atoms with Crippen molar-refractivity contribution in [1.82, 2.24) is 0 Å². The van der Waals surface area contributed by atoms with E-state index in [1.54, 1.807) is 27.7 Å². The lowest BCUT2D eigenvalue weighted by molar-refractivity contribution is -0.157. The smallest absolute Gasteiger partial charge is 0.313 e. The summed E-state index contributed by atoms with van der Waals surface area (Å²) >= 11 is 0. The summed E-state index contributed by atoms with van der Waals surface area (Å²) in [5.41, 5.74) is -0.578. The molecule has 0 aromatic rings. The molecule has 0 unspecified atom stereocenters. The number of carbonyl (C=O) groups excluding carboxylic acids is 2. The molecule has 0 heterocycles. The van der Waals surface area contributed by atoms with Gasteiger partial charge in [-0.15, -0.1) is 0 Å². The van der Waals surface area contributed by atoms with Crippen molar-refractivity contribution < 1.29 is 19.4 Å². The van der Waals surface area contributed by atoms with Crippen LogP contribution < -0.4 is 0 Å². The Balaban J connectivity index is 4.14. The SMILES string of the molecule is C[C@H](C(=O)CC(=O)OC(C)(C)C)[C@@H](C)O. The van der Waals surface area contributed by atoms with E-state index in [-0.39, 0.29) is 12.2 Å². The van der Waals surface area contributed by atoms with Gasteiger partial charge in [-0.3, -0.25) is 9.59 Å². The highest BCUT2D eigenvalue weighted by atomic mass is 16.6. The largest absolute Gasteiger partial charge is 0.460 e. The minimum atomic E-state index is -0.736. The molecule has 0 bridgehead atoms. The molecule has 0 fully saturated rings. The topological polar surface area (TPSA) is 63.6 Å². The lowest BCUT2D eigenvalue weighted by Gasteiger charge is -2.20. The lowest BCUT2D eigenvalue weighted by atomic mass is 9.99. The van der Waals surface area contributed by atoms with Crippen molar-refractivity contribution in [3.8, 4) is 0 Å². The Bertz CT molecular complexity index is 237. The van der Waals surface area contributed by atoms with Gasteiger partial charge < -0.3 is 9.84 Å². The highest BCUT2D eigenvalue weighted by Gasteiger charge is 2.24. The van der Waals surface area contributed by atoms with E-state index < -0.39 is 23.6 Å². The number of aliphatic hydroxyl groups is 1. The zero-order chi connectivity index (χ0) is 12.2. The van der Waals surface area contributed by atoms with Crippen molar-refractivity contribution in [3.05, 3.63) is 0 Å². The summed E-state index contributed by atoms with van der Waals surface area (Å²) in [5, 5.41) is 9.16. The molecular formula is C11H20O4. The minimum absolute atomic E-state index is 0.274. The van der Waals surface area contributed by atoms with Crippen molar-refractivity contribution in [2.24, 2.45) is 5.92 Å². The summed E-state index contributed by atoms with van der Waals surface area (Å²) in [4.78, 5) is 22.7. The first kappa shape index (κ1) is 14.1. The second-order valence-electron chi connectivity index (χ2n) is 4.76. The molecule has 0 radical (unpaired) electrons. The fourth-order valence-corrected chi connectivity index (χ4v) is 0.950. The van der Waals surface area contributed by atoms with Crippen LogP contribution in [0.2, 0.25) is 0 Å². The third kappa shape index (κ3) is 6.23. The fourth-order valence-electron chi connectivity index (χ4n) is 0.950. The number of ether oxygens (including phenoxy) is 1. The van der Waals surface area contributed by atoms with Crippen LogP contribution in [0.25, 0.3) is 0 Å². The van der Waals surface area contributed by atoms with E-state index in [0.717, 1.165) is 0 Å². The third-order valence-corrected chi connectivity index (χ3v) is 1.97. The fraction of sp³-hybridized carbons (Fsp3) is 0.818. The molecule has 0 spiro atoms. The maximum Gasteiger partial charge on any atom is 0.313 e. The Labute approximate surface area is 90.6 Å². The van der Waals surface area contributed by atoms with Crippen LogP contribution in [-0.2, 0) is 14.3 Å². The molecule has 2 atom stereocenters. The van der Waals surface area contributed by atoms with E-state index in [1.165, 1.54) is 6.92 Å². The summed E-state index contributed by atoms with van der Waals surface area (Å²) in [6.07, 6.45) is -1.01. The van der Waals surface area contributed by atoms with E-state index in [9.17, 15) is 9.59 Å². The maximum atomic E-state index is 11.4. The van der Waals surface area contributed by atoms with Crippen LogP contribution in [-0.4, -0.2) is 28.6 Å². The van der Waals surface area contributed by atoms with Crippen LogP contribution in [0, 0.1) is 5.92 Å². The van der Waals surface area contributed by atoms with Crippen molar-refractivity contribution in [2.75, 3.05) is 0 Å². The van der Waals surface area contributed by atoms with Crippen LogP contribution in [0.4, 0.5) is 0 Å². The quantitative estimate of drug-likeness (QED) is 0.568. The summed E-state index contributed by atoms with van der Waals surface area (Å²) < 4.78 is 5.00. The first-order valence-corrected chi connectivity index (χ1v) is 5.06. The average Bonchev–Trinajstić information content (AvgIpc) is 1.98. The third-order valence-electron chi connectivity index (χ3n) is 1.97. The second kappa shape index (κ2) is 5.26. The Morgan fingerprint density at radius 1 is 1.27 bits per heavy atom. The summed E-state index contributed by atoms with van der Waals surface area (Å²) in [6, 6.07) is 0. The molecule has 0 aromatic heterocycles. The molecule has 0 amide bonds. The molecule has 0 aliphatic rings. The predicted molar refractivity (Wildman–Crippen MR) is 56.3 cm³/mol. The average molecular weight is 216 g/mol. The highest BCUT2D eigenvalue weighted by molar-refractivity contribution is 5.96. The number of carbonyl (C=O) groups is 2. The van der Waals surface area contributed by atoms with Gasteiger partial charge in [0.2, 0.25) is 0 Å². The molecule has 0 rings (SSSR count). The van der Waals surface area contributed by atoms with Gasteiger partial charge in [-0.1, -0.05) is 6.92 Å². The number of Topliss-reactive ketones (excluding diaryl/α,β-unsaturated/α-hetero) is 1. The van der Waals surface area contributed by atoms with Crippen LogP contribution in [0.5, 0.6) is 0 Å². The van der Waals surface area contributed by atoms with Crippen molar-refractivity contribution >= 4 is 11.8 Å². The molecule has 88 valence electrons. The van der Waals surface area contributed by atoms with Gasteiger partial charge in [-0.2, -0.15) is 0 Å². The van der Waals surface area contributed by atoms with Gasteiger partial charge in [0.05, 0.1) is 6.10 Å². The molecule has 0 aromatic carbocycles. The van der Waals surface area contributed by atoms with Crippen LogP contribution >= 0.6 is 0 Å². The van der Waals surface area contributed by atoms with E-state index >= 15 is 0 Å². The minimum Gasteiger partial charge on any atom is -0.460 e. The molecule has 1 N–H and O–H groups in total. The number of esters is 1. The van der Waals surface area contributed by atoms with Crippen LogP contribution in [0.3, 0.4) is 0 Å². The van der Waals surface area contributed by atoms with Gasteiger partial charge in [-0.25, -0.2) is 0 Å². The molecule has 15 heavy (non-hydrogen) atoms. The van der Waals surface area contributed by atoms with Crippen LogP contribution in [0.15, 0.2) is 0 Å². The summed E-state index contributed by atoms with van der Waals surface area (Å²) in [7, 11) is 0. The van der Waals surface area contributed by atoms with Gasteiger partial charge in [0.15, 0.2) is 0 Å². The van der Waals surface area contributed by atoms with Crippen molar-refractivity contribution in [1.29, 1.82) is 0 Å². The van der Waals surface area contributed by atoms with E-state index in [4.69, 9.17) is 9.84 Å². The zero-order valence-corrected chi connectivity index (χ0v) is 10.0. The Morgan fingerprint density at radius 2 is 1.73 bits per heavy atom. The molecule has 0 aliphatic carbocycles. The molecular weight excluding hydrogens is 196 g/mol. The van der Waals surface area contributed by atoms with Crippen LogP contribution in [0.1, 0.15) is 41.0 Å². The first-order valence-electron chi connectivity index (χ1n) is 5.06. The number of rotatable bonds is 4. The number of ketones is 1. The van der Waals surface area contributed by atoms with Gasteiger partial charge >= 0.3 is 5.97 Å². The normalized spacial score (nSPS) is 15.6. The van der Waals surface area contributed by atoms with Gasteiger partial charge in [0.25, 0.3) is 0 Å². The van der Waals surface area contributed by atoms with E-state index in [1.807, 2.05) is 0 Å². The molecule has 4 nitrogen and oxygen atoms in total. The maximum absolute atomic E-state index is 11.4. The Kier molecular flexibility index (Phi) is 4.94. The van der Waals surface area contributed by atoms with Crippen molar-refractivity contribution in [3.63, 3.8) is 0 Å². The zero-order valence-electron chi connectivity index (χ0n) is 10.0. The van der Waals surface area contributed by atoms with E-state index in [0.29, 0.717) is 0 Å². The lowest BCUT2D eigenvalue weighted by Crippen LogP contribution is -2.29. The Morgan fingerprint density at radius 3 is 2.07 bits per heavy atom. The monoisotopic (exact) mass is 216 g/mol. The summed E-state index contributed by atoms with van der Waals surface area (Å²) in [6.45, 7) is 8.35. The first-order chi connectivity index (χ1) is 6.63. The van der Waals surface area contributed by atoms with Gasteiger partial charge in [0, 0.05) is 5.92 Å². The number of aliphatic hydroxyl groups excluding tert-OH is 1. The molecule has 4 heteroatoms. The predicted octanol–water partition coefficient (Wildman–Crippen LogP) is 1.30. The summed E-state index contributed by atoms with van der Waals surface area (Å²) in [5.74, 6) is -1.36. The van der Waals surface area contributed by atoms with Gasteiger partial charge in [0.1, 0.15) is 17.8 Å². The number of hydrogen-bond acceptors (Lipinski definition) is 4. The highest BCUT2D eigenvalue weighted by Crippen LogP contribution is 2.11. The van der Waals surface area contributed by atoms with Crippen molar-refractivity contribution in [2.45, 2.75) is 52.7 Å². The molecule has 0 saturated heterocycles. The Hall–Kier alpha value is -0.900. The number of hydrogen-bond donors (Lipinski definition) is 1. The molecule has 0 aliphatic heterocycles. The van der Waals surface area contributed by atoms with E-state index in [2.05, 4.69) is 0 Å². The second-order valence-corrected chi connectivity index (χ2v) is 4.76.